The molecule has 18 heavy (non-hydrogen) atoms. The first kappa shape index (κ1) is 14.9. The summed E-state index contributed by atoms with van der Waals surface area (Å²) in [6, 6.07) is 5.28. The first-order valence-electron chi connectivity index (χ1n) is 5.64. The van der Waals surface area contributed by atoms with Crippen molar-refractivity contribution in [2.24, 2.45) is 0 Å². The quantitative estimate of drug-likeness (QED) is 0.802. The molecule has 0 fully saturated rings. The summed E-state index contributed by atoms with van der Waals surface area (Å²) in [7, 11) is 0. The Hall–Kier alpha value is -1.14. The second kappa shape index (κ2) is 6.70. The average molecular weight is 263 g/mol. The summed E-state index contributed by atoms with van der Waals surface area (Å²) in [6.07, 6.45) is -4.38. The molecule has 102 valence electrons. The lowest BCUT2D eigenvalue weighted by Gasteiger charge is -2.11. The van der Waals surface area contributed by atoms with Crippen LogP contribution in [0.15, 0.2) is 18.2 Å². The largest absolute Gasteiger partial charge is 0.411 e. The van der Waals surface area contributed by atoms with Gasteiger partial charge in [0.05, 0.1) is 11.8 Å². The summed E-state index contributed by atoms with van der Waals surface area (Å²) < 4.78 is 39.8. The van der Waals surface area contributed by atoms with Crippen molar-refractivity contribution in [3.63, 3.8) is 0 Å². The SMILES string of the molecule is Cc1cccc(C(O)CCCOCC(F)(F)F)n1. The van der Waals surface area contributed by atoms with E-state index in [0.29, 0.717) is 18.5 Å². The molecule has 1 atom stereocenters. The zero-order valence-corrected chi connectivity index (χ0v) is 10.1. The van der Waals surface area contributed by atoms with Gasteiger partial charge in [-0.15, -0.1) is 0 Å². The van der Waals surface area contributed by atoms with Gasteiger partial charge in [0.25, 0.3) is 0 Å². The number of rotatable bonds is 6. The topological polar surface area (TPSA) is 42.4 Å². The van der Waals surface area contributed by atoms with Crippen LogP contribution < -0.4 is 0 Å². The van der Waals surface area contributed by atoms with Gasteiger partial charge in [0.1, 0.15) is 6.61 Å². The highest BCUT2D eigenvalue weighted by Gasteiger charge is 2.27. The number of hydrogen-bond acceptors (Lipinski definition) is 3. The Balaban J connectivity index is 2.23. The zero-order chi connectivity index (χ0) is 13.6. The molecule has 0 bridgehead atoms. The molecule has 0 amide bonds. The van der Waals surface area contributed by atoms with E-state index < -0.39 is 18.9 Å². The van der Waals surface area contributed by atoms with Crippen molar-refractivity contribution in [3.8, 4) is 0 Å². The maximum Gasteiger partial charge on any atom is 0.411 e. The molecule has 1 aromatic rings. The number of aromatic nitrogens is 1. The molecule has 0 radical (unpaired) electrons. The number of aliphatic hydroxyl groups excluding tert-OH is 1. The molecule has 1 N–H and O–H groups in total. The number of pyridine rings is 1. The Labute approximate surface area is 104 Å². The van der Waals surface area contributed by atoms with Gasteiger partial charge in [-0.3, -0.25) is 4.98 Å². The first-order valence-corrected chi connectivity index (χ1v) is 5.64. The van der Waals surface area contributed by atoms with Crippen molar-refractivity contribution in [2.45, 2.75) is 32.0 Å². The molecule has 1 unspecified atom stereocenters. The molecule has 0 aliphatic rings. The Morgan fingerprint density at radius 1 is 1.39 bits per heavy atom. The summed E-state index contributed by atoms with van der Waals surface area (Å²) in [5, 5.41) is 9.76. The van der Waals surface area contributed by atoms with Gasteiger partial charge in [-0.05, 0) is 31.9 Å². The third-order valence-electron chi connectivity index (χ3n) is 2.28. The zero-order valence-electron chi connectivity index (χ0n) is 10.1. The predicted molar refractivity (Wildman–Crippen MR) is 60.0 cm³/mol. The molecule has 0 aromatic carbocycles. The number of halogens is 3. The van der Waals surface area contributed by atoms with Crippen molar-refractivity contribution < 1.29 is 23.0 Å². The predicted octanol–water partition coefficient (Wildman–Crippen LogP) is 2.78. The second-order valence-corrected chi connectivity index (χ2v) is 4.03. The van der Waals surface area contributed by atoms with Gasteiger partial charge in [-0.25, -0.2) is 0 Å². The molecule has 0 aliphatic carbocycles. The highest BCUT2D eigenvalue weighted by Crippen LogP contribution is 2.18. The van der Waals surface area contributed by atoms with Gasteiger partial charge >= 0.3 is 6.18 Å². The fourth-order valence-corrected chi connectivity index (χ4v) is 1.46. The van der Waals surface area contributed by atoms with E-state index in [0.717, 1.165) is 5.69 Å². The van der Waals surface area contributed by atoms with Crippen molar-refractivity contribution in [1.82, 2.24) is 4.98 Å². The minimum Gasteiger partial charge on any atom is -0.387 e. The lowest BCUT2D eigenvalue weighted by atomic mass is 10.1. The summed E-state index contributed by atoms with van der Waals surface area (Å²) >= 11 is 0. The van der Waals surface area contributed by atoms with E-state index in [1.807, 2.05) is 13.0 Å². The fraction of sp³-hybridized carbons (Fsp3) is 0.583. The van der Waals surface area contributed by atoms with Crippen molar-refractivity contribution in [2.75, 3.05) is 13.2 Å². The Bertz CT molecular complexity index is 369. The number of aliphatic hydroxyl groups is 1. The molecule has 0 saturated heterocycles. The Morgan fingerprint density at radius 3 is 2.72 bits per heavy atom. The maximum atomic E-state index is 11.8. The molecule has 1 rings (SSSR count). The van der Waals surface area contributed by atoms with E-state index in [9.17, 15) is 18.3 Å². The van der Waals surface area contributed by atoms with Crippen LogP contribution in [0.2, 0.25) is 0 Å². The lowest BCUT2D eigenvalue weighted by Crippen LogP contribution is -2.17. The van der Waals surface area contributed by atoms with E-state index in [4.69, 9.17) is 0 Å². The van der Waals surface area contributed by atoms with Crippen LogP contribution in [-0.2, 0) is 4.74 Å². The maximum absolute atomic E-state index is 11.8. The van der Waals surface area contributed by atoms with Crippen LogP contribution in [0, 0.1) is 6.92 Å². The number of aryl methyl sites for hydroxylation is 1. The smallest absolute Gasteiger partial charge is 0.387 e. The third kappa shape index (κ3) is 5.97. The van der Waals surface area contributed by atoms with Crippen LogP contribution in [0.25, 0.3) is 0 Å². The Kier molecular flexibility index (Phi) is 5.55. The van der Waals surface area contributed by atoms with Crippen LogP contribution in [-0.4, -0.2) is 29.5 Å². The van der Waals surface area contributed by atoms with Crippen LogP contribution in [0.1, 0.15) is 30.3 Å². The molecule has 6 heteroatoms. The lowest BCUT2D eigenvalue weighted by molar-refractivity contribution is -0.174. The van der Waals surface area contributed by atoms with Crippen LogP contribution in [0.4, 0.5) is 13.2 Å². The number of alkyl halides is 3. The van der Waals surface area contributed by atoms with Gasteiger partial charge < -0.3 is 9.84 Å². The molecular weight excluding hydrogens is 247 g/mol. The van der Waals surface area contributed by atoms with E-state index in [-0.39, 0.29) is 6.61 Å². The molecular formula is C12H16F3NO2. The first-order chi connectivity index (χ1) is 8.38. The monoisotopic (exact) mass is 263 g/mol. The van der Waals surface area contributed by atoms with Gasteiger partial charge in [-0.2, -0.15) is 13.2 Å². The van der Waals surface area contributed by atoms with Crippen LogP contribution in [0.3, 0.4) is 0 Å². The van der Waals surface area contributed by atoms with Crippen molar-refractivity contribution in [1.29, 1.82) is 0 Å². The second-order valence-electron chi connectivity index (χ2n) is 4.03. The molecule has 1 aromatic heterocycles. The van der Waals surface area contributed by atoms with E-state index in [2.05, 4.69) is 9.72 Å². The highest BCUT2D eigenvalue weighted by molar-refractivity contribution is 5.11. The molecule has 0 spiro atoms. The number of nitrogens with zero attached hydrogens (tertiary/aromatic N) is 1. The van der Waals surface area contributed by atoms with Crippen molar-refractivity contribution >= 4 is 0 Å². The standard InChI is InChI=1S/C12H16F3NO2/c1-9-4-2-5-10(16-9)11(17)6-3-7-18-8-12(13,14)15/h2,4-5,11,17H,3,6-8H2,1H3. The van der Waals surface area contributed by atoms with Gasteiger partial charge in [0.15, 0.2) is 0 Å². The third-order valence-corrected chi connectivity index (χ3v) is 2.28. The van der Waals surface area contributed by atoms with Crippen LogP contribution >= 0.6 is 0 Å². The van der Waals surface area contributed by atoms with Gasteiger partial charge in [0, 0.05) is 12.3 Å². The normalized spacial score (nSPS) is 13.6. The number of hydrogen-bond donors (Lipinski definition) is 1. The fourth-order valence-electron chi connectivity index (χ4n) is 1.46. The van der Waals surface area contributed by atoms with Gasteiger partial charge in [0.2, 0.25) is 0 Å². The Morgan fingerprint density at radius 2 is 2.11 bits per heavy atom. The van der Waals surface area contributed by atoms with E-state index in [1.165, 1.54) is 0 Å². The molecule has 3 nitrogen and oxygen atoms in total. The summed E-state index contributed by atoms with van der Waals surface area (Å²) in [6.45, 7) is 0.539. The molecule has 0 aliphatic heterocycles. The summed E-state index contributed by atoms with van der Waals surface area (Å²) in [4.78, 5) is 4.14. The summed E-state index contributed by atoms with van der Waals surface area (Å²) in [5.74, 6) is 0. The minimum atomic E-state index is -4.29. The molecule has 0 saturated carbocycles. The number of ether oxygens (including phenoxy) is 1. The van der Waals surface area contributed by atoms with E-state index >= 15 is 0 Å². The highest BCUT2D eigenvalue weighted by atomic mass is 19.4. The minimum absolute atomic E-state index is 0.0254. The van der Waals surface area contributed by atoms with Crippen LogP contribution in [0.5, 0.6) is 0 Å². The average Bonchev–Trinajstić information content (AvgIpc) is 2.26. The van der Waals surface area contributed by atoms with E-state index in [1.54, 1.807) is 12.1 Å². The molecule has 1 heterocycles. The summed E-state index contributed by atoms with van der Waals surface area (Å²) in [5.41, 5.74) is 1.32. The van der Waals surface area contributed by atoms with Gasteiger partial charge in [-0.1, -0.05) is 6.07 Å². The van der Waals surface area contributed by atoms with Crippen molar-refractivity contribution in [3.05, 3.63) is 29.6 Å².